The molecule has 1 aromatic rings. The van der Waals surface area contributed by atoms with Gasteiger partial charge < -0.3 is 25.3 Å². The molecule has 0 radical (unpaired) electrons. The van der Waals surface area contributed by atoms with Crippen molar-refractivity contribution in [2.75, 3.05) is 32.8 Å². The summed E-state index contributed by atoms with van der Waals surface area (Å²) in [5, 5.41) is 1.89. The molecule has 3 fully saturated rings. The van der Waals surface area contributed by atoms with Crippen LogP contribution in [0.2, 0.25) is 5.02 Å². The lowest BCUT2D eigenvalue weighted by atomic mass is 9.91. The number of hydrazine groups is 1. The molecule has 5 rings (SSSR count). The second-order valence-corrected chi connectivity index (χ2v) is 10.1. The predicted molar refractivity (Wildman–Crippen MR) is 120 cm³/mol. The molecule has 0 aromatic heterocycles. The number of carbonyl (C=O) groups is 2. The highest BCUT2D eigenvalue weighted by atomic mass is 35.5. The highest BCUT2D eigenvalue weighted by Gasteiger charge is 2.52. The van der Waals surface area contributed by atoms with Gasteiger partial charge in [0.05, 0.1) is 17.4 Å². The SMILES string of the molecule is N/C(COc1c(F)cc(Cl)c2c1C(CN1CC3(CC3)CC1=O)N(C=O)CC2)=C1/CCCN1N. The van der Waals surface area contributed by atoms with Crippen molar-refractivity contribution in [2.45, 2.75) is 44.6 Å². The molecule has 10 heteroatoms. The molecule has 8 nitrogen and oxygen atoms in total. The first-order valence-electron chi connectivity index (χ1n) is 11.4. The van der Waals surface area contributed by atoms with E-state index in [1.54, 1.807) is 14.8 Å². The lowest BCUT2D eigenvalue weighted by Crippen LogP contribution is -2.42. The number of fused-ring (bicyclic) bond motifs is 1. The molecule has 178 valence electrons. The van der Waals surface area contributed by atoms with Crippen molar-refractivity contribution < 1.29 is 18.7 Å². The van der Waals surface area contributed by atoms with Crippen LogP contribution in [0.25, 0.3) is 0 Å². The van der Waals surface area contributed by atoms with E-state index in [0.29, 0.717) is 48.8 Å². The summed E-state index contributed by atoms with van der Waals surface area (Å²) in [7, 11) is 0. The van der Waals surface area contributed by atoms with Gasteiger partial charge in [0.2, 0.25) is 12.3 Å². The van der Waals surface area contributed by atoms with Crippen LogP contribution >= 0.6 is 11.6 Å². The summed E-state index contributed by atoms with van der Waals surface area (Å²) in [5.41, 5.74) is 8.82. The number of benzene rings is 1. The molecular weight excluding hydrogens is 449 g/mol. The van der Waals surface area contributed by atoms with E-state index in [1.807, 2.05) is 0 Å². The van der Waals surface area contributed by atoms with Crippen LogP contribution in [0.15, 0.2) is 17.5 Å². The first-order valence-corrected chi connectivity index (χ1v) is 11.8. The molecule has 2 saturated heterocycles. The second-order valence-electron chi connectivity index (χ2n) is 9.68. The Bertz CT molecular complexity index is 1030. The fraction of sp³-hybridized carbons (Fsp3) is 0.565. The lowest BCUT2D eigenvalue weighted by Gasteiger charge is -2.38. The third-order valence-corrected chi connectivity index (χ3v) is 7.81. The minimum absolute atomic E-state index is 0.0313. The first-order chi connectivity index (χ1) is 15.8. The number of rotatable bonds is 6. The molecule has 33 heavy (non-hydrogen) atoms. The maximum absolute atomic E-state index is 15.2. The number of carbonyl (C=O) groups excluding carboxylic acids is 2. The Labute approximate surface area is 197 Å². The van der Waals surface area contributed by atoms with E-state index in [1.165, 1.54) is 6.07 Å². The average Bonchev–Trinajstić information content (AvgIpc) is 3.26. The largest absolute Gasteiger partial charge is 0.484 e. The van der Waals surface area contributed by atoms with Gasteiger partial charge in [-0.3, -0.25) is 9.59 Å². The number of hydrogen-bond donors (Lipinski definition) is 2. The molecule has 1 aromatic carbocycles. The van der Waals surface area contributed by atoms with E-state index in [4.69, 9.17) is 27.9 Å². The quantitative estimate of drug-likeness (QED) is 0.480. The summed E-state index contributed by atoms with van der Waals surface area (Å²) >= 11 is 6.42. The number of likely N-dealkylation sites (tertiary alicyclic amines) is 1. The van der Waals surface area contributed by atoms with Crippen molar-refractivity contribution in [1.82, 2.24) is 14.8 Å². The summed E-state index contributed by atoms with van der Waals surface area (Å²) in [6.45, 7) is 2.08. The van der Waals surface area contributed by atoms with Gasteiger partial charge in [-0.05, 0) is 49.1 Å². The number of halogens is 2. The Hall–Kier alpha value is -2.52. The van der Waals surface area contributed by atoms with Crippen molar-refractivity contribution in [3.05, 3.63) is 39.4 Å². The number of amides is 2. The molecule has 3 heterocycles. The topological polar surface area (TPSA) is 105 Å². The molecule has 2 amide bonds. The van der Waals surface area contributed by atoms with Crippen LogP contribution in [0.4, 0.5) is 4.39 Å². The number of hydrogen-bond acceptors (Lipinski definition) is 6. The monoisotopic (exact) mass is 477 g/mol. The van der Waals surface area contributed by atoms with Gasteiger partial charge in [-0.15, -0.1) is 0 Å². The third kappa shape index (κ3) is 4.01. The molecule has 1 atom stereocenters. The Balaban J connectivity index is 1.48. The molecule has 1 unspecified atom stereocenters. The van der Waals surface area contributed by atoms with Crippen LogP contribution in [-0.4, -0.2) is 59.9 Å². The summed E-state index contributed by atoms with van der Waals surface area (Å²) in [5.74, 6) is 5.46. The number of nitrogens with two attached hydrogens (primary N) is 2. The van der Waals surface area contributed by atoms with Gasteiger partial charge in [-0.25, -0.2) is 10.2 Å². The fourth-order valence-electron chi connectivity index (χ4n) is 5.44. The predicted octanol–water partition coefficient (Wildman–Crippen LogP) is 2.07. The number of nitrogens with zero attached hydrogens (tertiary/aromatic N) is 3. The van der Waals surface area contributed by atoms with Crippen LogP contribution in [-0.2, 0) is 16.0 Å². The van der Waals surface area contributed by atoms with Crippen LogP contribution < -0.4 is 16.3 Å². The first kappa shape index (κ1) is 22.3. The molecule has 1 saturated carbocycles. The molecule has 4 aliphatic rings. The smallest absolute Gasteiger partial charge is 0.223 e. The van der Waals surface area contributed by atoms with Gasteiger partial charge in [0.15, 0.2) is 11.6 Å². The molecule has 3 aliphatic heterocycles. The Morgan fingerprint density at radius 1 is 1.33 bits per heavy atom. The van der Waals surface area contributed by atoms with E-state index < -0.39 is 11.9 Å². The Kier molecular flexibility index (Phi) is 5.64. The summed E-state index contributed by atoms with van der Waals surface area (Å²) < 4.78 is 21.1. The fourth-order valence-corrected chi connectivity index (χ4v) is 5.73. The zero-order chi connectivity index (χ0) is 23.3. The number of allylic oxidation sites excluding steroid dienone is 1. The molecule has 1 spiro atoms. The van der Waals surface area contributed by atoms with E-state index >= 15 is 4.39 Å². The Morgan fingerprint density at radius 3 is 2.76 bits per heavy atom. The Morgan fingerprint density at radius 2 is 2.12 bits per heavy atom. The summed E-state index contributed by atoms with van der Waals surface area (Å²) in [6.07, 6.45) is 5.52. The van der Waals surface area contributed by atoms with Crippen molar-refractivity contribution in [1.29, 1.82) is 0 Å². The van der Waals surface area contributed by atoms with Crippen LogP contribution in [0, 0.1) is 11.2 Å². The molecular formula is C23H29ClFN5O3. The summed E-state index contributed by atoms with van der Waals surface area (Å²) in [4.78, 5) is 28.0. The van der Waals surface area contributed by atoms with Crippen LogP contribution in [0.3, 0.4) is 0 Å². The normalized spacial score (nSPS) is 25.0. The molecule has 4 N–H and O–H groups in total. The second kappa shape index (κ2) is 8.36. The van der Waals surface area contributed by atoms with Gasteiger partial charge in [0.1, 0.15) is 6.61 Å². The van der Waals surface area contributed by atoms with Crippen molar-refractivity contribution in [3.63, 3.8) is 0 Å². The van der Waals surface area contributed by atoms with E-state index in [2.05, 4.69) is 0 Å². The van der Waals surface area contributed by atoms with E-state index in [-0.39, 0.29) is 30.2 Å². The van der Waals surface area contributed by atoms with Gasteiger partial charge in [0, 0.05) is 43.2 Å². The minimum Gasteiger partial charge on any atom is -0.484 e. The van der Waals surface area contributed by atoms with E-state index in [0.717, 1.165) is 43.4 Å². The third-order valence-electron chi connectivity index (χ3n) is 7.47. The highest BCUT2D eigenvalue weighted by Crippen LogP contribution is 2.53. The van der Waals surface area contributed by atoms with Crippen molar-refractivity contribution in [3.8, 4) is 5.75 Å². The van der Waals surface area contributed by atoms with E-state index in [9.17, 15) is 9.59 Å². The lowest BCUT2D eigenvalue weighted by molar-refractivity contribution is -0.130. The minimum atomic E-state index is -0.614. The highest BCUT2D eigenvalue weighted by molar-refractivity contribution is 6.31. The van der Waals surface area contributed by atoms with Gasteiger partial charge >= 0.3 is 0 Å². The van der Waals surface area contributed by atoms with Gasteiger partial charge in [-0.2, -0.15) is 0 Å². The van der Waals surface area contributed by atoms with Gasteiger partial charge in [-0.1, -0.05) is 11.6 Å². The zero-order valence-electron chi connectivity index (χ0n) is 18.5. The van der Waals surface area contributed by atoms with Crippen LogP contribution in [0.5, 0.6) is 5.75 Å². The number of ether oxygens (including phenoxy) is 1. The zero-order valence-corrected chi connectivity index (χ0v) is 19.2. The van der Waals surface area contributed by atoms with Crippen molar-refractivity contribution in [2.24, 2.45) is 17.0 Å². The molecule has 1 aliphatic carbocycles. The van der Waals surface area contributed by atoms with Crippen LogP contribution in [0.1, 0.15) is 49.3 Å². The maximum atomic E-state index is 15.2. The maximum Gasteiger partial charge on any atom is 0.223 e. The van der Waals surface area contributed by atoms with Crippen molar-refractivity contribution >= 4 is 23.9 Å². The average molecular weight is 478 g/mol. The summed E-state index contributed by atoms with van der Waals surface area (Å²) in [6, 6.07) is 0.705. The molecule has 0 bridgehead atoms. The standard InChI is InChI=1S/C23H29ClFN5O3/c24-15-8-16(25)22(33-11-17(26)18-2-1-6-30(18)27)21-14(15)3-7-28(13-31)19(21)10-29-12-23(4-5-23)9-20(29)32/h8,13,19H,1-7,9-12,26-27H2/b18-17-. The van der Waals surface area contributed by atoms with Gasteiger partial charge in [0.25, 0.3) is 0 Å².